The van der Waals surface area contributed by atoms with E-state index < -0.39 is 354 Å². The quantitative estimate of drug-likeness (QED) is 0.00693. The van der Waals surface area contributed by atoms with Crippen LogP contribution in [0.3, 0.4) is 0 Å². The molecule has 14 rings (SSSR count). The van der Waals surface area contributed by atoms with E-state index in [9.17, 15) is 127 Å². The van der Waals surface area contributed by atoms with Gasteiger partial charge in [-0.1, -0.05) is 98.1 Å². The Labute approximate surface area is 794 Å². The number of fused-ring (bicyclic) bond motifs is 7. The number of allylic oxidation sites excluding steroid dienone is 2. The summed E-state index contributed by atoms with van der Waals surface area (Å²) in [4.78, 5) is 45.9. The summed E-state index contributed by atoms with van der Waals surface area (Å²) in [6.07, 6.45) is -50.8. The number of nitrogens with one attached hydrogen (secondary N) is 1. The summed E-state index contributed by atoms with van der Waals surface area (Å²) in [5, 5.41) is 259. The molecular weight excluding hydrogens is 1820 g/mol. The van der Waals surface area contributed by atoms with Gasteiger partial charge in [-0.2, -0.15) is 0 Å². The molecule has 0 aromatic rings. The molecule has 45 nitrogen and oxygen atoms in total. The van der Waals surface area contributed by atoms with E-state index in [0.717, 1.165) is 50.4 Å². The SMILES string of the molecule is CC1O[C@@H](O[C@@H]2C(O[C@@H]3OC(C)[C@H](O)[C@H](O)C3O)[C@@H](NC(=O)CCCCCCCCCCCOC3(O)CO[C@@H](CO)[C@H]3CO)C(CO)O[C@H]2OC(=O)[C@]23CCC(C)(C)CC2C2=CCC4C5(C)CC[C@H](O[C@@H]6OC[C@@H](O)[C@H](O[C@@H]7OC[C@@H](O)[C@H](O)C7O)C6O[C@@H]6OC(CO)[C@H](O)[C@H](O)C6O)[C@](C)(C=O)[C@@H]5CC[C@]4(C)[C@]2(C)CC3O)[C@@H](O)C(O)[C@H]1O[C@@H]1OC[C@@H](O)C(O[C@@H]2OC[C@@](O)(CO)C2O)[C@H]1O. The van der Waals surface area contributed by atoms with Crippen molar-refractivity contribution in [1.82, 2.24) is 5.32 Å². The van der Waals surface area contributed by atoms with Crippen LogP contribution in [0.2, 0.25) is 0 Å². The fraction of sp³-hybridized carbons (Fsp3) is 0.946. The van der Waals surface area contributed by atoms with E-state index in [1.54, 1.807) is 6.92 Å². The molecule has 9 heterocycles. The summed E-state index contributed by atoms with van der Waals surface area (Å²) in [7, 11) is 0. The number of aldehydes is 1. The summed E-state index contributed by atoms with van der Waals surface area (Å²) in [6, 6.07) is -1.62. The average Bonchev–Trinajstić information content (AvgIpc) is 0.737. The molecule has 4 saturated carbocycles. The van der Waals surface area contributed by atoms with E-state index >= 15 is 4.79 Å². The molecule has 9 aliphatic heterocycles. The molecule has 48 atom stereocenters. The number of aliphatic hydroxyl groups excluding tert-OH is 21. The lowest BCUT2D eigenvalue weighted by Gasteiger charge is -2.71. The van der Waals surface area contributed by atoms with Crippen molar-refractivity contribution in [3.05, 3.63) is 11.6 Å². The van der Waals surface area contributed by atoms with E-state index in [0.29, 0.717) is 57.8 Å². The topological polar surface area (TPSA) is 695 Å². The van der Waals surface area contributed by atoms with Crippen LogP contribution in [0.1, 0.15) is 177 Å². The minimum Gasteiger partial charge on any atom is -0.432 e. The number of esters is 1. The van der Waals surface area contributed by atoms with Crippen LogP contribution < -0.4 is 5.32 Å². The maximum absolute atomic E-state index is 16.7. The number of ether oxygens (including phenoxy) is 18. The Hall–Kier alpha value is -3.25. The van der Waals surface area contributed by atoms with Gasteiger partial charge in [0.2, 0.25) is 12.2 Å². The molecule has 0 bridgehead atoms. The number of unbranched alkanes of at least 4 members (excludes halogenated alkanes) is 8. The highest BCUT2D eigenvalue weighted by molar-refractivity contribution is 5.80. The highest BCUT2D eigenvalue weighted by atomic mass is 16.8. The molecule has 24 N–H and O–H groups in total. The van der Waals surface area contributed by atoms with Crippen LogP contribution in [0.4, 0.5) is 0 Å². The van der Waals surface area contributed by atoms with E-state index in [2.05, 4.69) is 46.0 Å². The van der Waals surface area contributed by atoms with Gasteiger partial charge >= 0.3 is 5.97 Å². The number of amides is 1. The molecule has 13 fully saturated rings. The Morgan fingerprint density at radius 3 is 1.65 bits per heavy atom. The molecule has 45 heteroatoms. The number of rotatable bonds is 36. The molecule has 137 heavy (non-hydrogen) atoms. The highest BCUT2D eigenvalue weighted by Crippen LogP contribution is 2.76. The van der Waals surface area contributed by atoms with Gasteiger partial charge in [-0.15, -0.1) is 0 Å². The molecule has 788 valence electrons. The zero-order chi connectivity index (χ0) is 99.5. The van der Waals surface area contributed by atoms with Gasteiger partial charge in [0.1, 0.15) is 158 Å². The first-order chi connectivity index (χ1) is 64.8. The Kier molecular flexibility index (Phi) is 35.5. The molecule has 5 aliphatic carbocycles. The Morgan fingerprint density at radius 2 is 1.01 bits per heavy atom. The molecule has 0 spiro atoms. The van der Waals surface area contributed by atoms with Gasteiger partial charge in [-0.3, -0.25) is 9.59 Å². The molecule has 1 amide bonds. The van der Waals surface area contributed by atoms with E-state index in [1.807, 2.05) is 0 Å². The number of hydrogen-bond donors (Lipinski definition) is 24. The summed E-state index contributed by atoms with van der Waals surface area (Å²) >= 11 is 0. The van der Waals surface area contributed by atoms with E-state index in [4.69, 9.17) is 85.3 Å². The molecular formula is C92H151NO44. The van der Waals surface area contributed by atoms with Gasteiger partial charge in [0.05, 0.1) is 114 Å². The van der Waals surface area contributed by atoms with Crippen LogP contribution in [-0.2, 0) is 99.6 Å². The predicted octanol–water partition coefficient (Wildman–Crippen LogP) is -6.25. The largest absolute Gasteiger partial charge is 0.432 e. The maximum atomic E-state index is 16.7. The van der Waals surface area contributed by atoms with Gasteiger partial charge in [0.25, 0.3) is 0 Å². The molecule has 9 saturated heterocycles. The molecule has 0 radical (unpaired) electrons. The van der Waals surface area contributed by atoms with Crippen molar-refractivity contribution >= 4 is 18.2 Å². The average molecular weight is 1980 g/mol. The lowest BCUT2D eigenvalue weighted by molar-refractivity contribution is -0.386. The molecule has 0 aromatic carbocycles. The fourth-order valence-electron chi connectivity index (χ4n) is 24.9. The third kappa shape index (κ3) is 21.3. The third-order valence-corrected chi connectivity index (χ3v) is 33.5. The lowest BCUT2D eigenvalue weighted by atomic mass is 9.33. The normalized spacial score (nSPS) is 50.5. The van der Waals surface area contributed by atoms with Crippen molar-refractivity contribution in [1.29, 1.82) is 0 Å². The van der Waals surface area contributed by atoms with Crippen molar-refractivity contribution in [2.24, 2.45) is 56.2 Å². The number of aliphatic hydroxyl groups is 23. The smallest absolute Gasteiger partial charge is 0.317 e. The predicted molar refractivity (Wildman–Crippen MR) is 459 cm³/mol. The second kappa shape index (κ2) is 44.4. The first kappa shape index (κ1) is 109. The molecule has 0 aromatic heterocycles. The first-order valence-electron chi connectivity index (χ1n) is 48.8. The van der Waals surface area contributed by atoms with Crippen LogP contribution in [0.15, 0.2) is 11.6 Å². The fourth-order valence-corrected chi connectivity index (χ4v) is 24.9. The van der Waals surface area contributed by atoms with Crippen molar-refractivity contribution in [2.75, 3.05) is 72.7 Å². The minimum atomic E-state index is -2.23. The van der Waals surface area contributed by atoms with Gasteiger partial charge in [-0.05, 0) is 124 Å². The van der Waals surface area contributed by atoms with E-state index in [-0.39, 0.29) is 51.4 Å². The Balaban J connectivity index is 0.727. The summed E-state index contributed by atoms with van der Waals surface area (Å²) in [5.41, 5.74) is -7.37. The van der Waals surface area contributed by atoms with Crippen molar-refractivity contribution in [3.63, 3.8) is 0 Å². The number of carbonyl (C=O) groups excluding carboxylic acids is 3. The monoisotopic (exact) mass is 1970 g/mol. The number of carbonyl (C=O) groups is 3. The molecule has 17 unspecified atom stereocenters. The van der Waals surface area contributed by atoms with Gasteiger partial charge in [-0.25, -0.2) is 0 Å². The minimum absolute atomic E-state index is 0.0110. The third-order valence-electron chi connectivity index (χ3n) is 33.5. The second-order valence-corrected chi connectivity index (χ2v) is 42.6. The maximum Gasteiger partial charge on any atom is 0.317 e. The summed E-state index contributed by atoms with van der Waals surface area (Å²) < 4.78 is 111. The number of hydrogen-bond acceptors (Lipinski definition) is 44. The van der Waals surface area contributed by atoms with Crippen LogP contribution in [-0.4, -0.2) is 447 Å². The van der Waals surface area contributed by atoms with Crippen molar-refractivity contribution < 1.29 is 217 Å². The zero-order valence-corrected chi connectivity index (χ0v) is 78.9. The standard InChI is InChI=1S/C92H151NO44/c1-41-58(105)61(108)65(112)78(126-41)134-72-57(93-56(104)18-16-14-12-10-9-11-13-15-17-27-125-92(119)40-123-49(31-95)45(92)30-94)50(32-96)128-82(74(72)136-79-67(114)63(110)69(42(2)127-79)131-77-68(115)70(47(101)35-121-77)132-83-75(116)90(118,38-99)39-124-83)137-84(117)91-26-25-85(3,4)28-44(91)43-19-20-53-86(5)23-22-55(87(6,37-98)52(86)21-24-88(53,7)89(43,8)29-54(91)103)130-81-73(135-80-66(113)62(109)60(107)51(33-97)129-80)71(48(102)36-122-81)133-76-64(111)59(106)46(100)34-120-76/h19,37,41-42,44-55,57-83,94-97,99-103,105-116,118-119H,9-18,20-36,38-40H2,1-8H3,(H,93,104)/t41?,42?,44?,45-,46-,47-,48-,49+,50?,51?,52-,53?,54?,55+,57+,58+,59+,60+,61+,62+,63?,64?,65?,66?,67+,68-,69+,70?,71+,72?,73?,74-,75?,76+,77+,78+,79+,80+,81+,82+,83+,86?,87-,88+,89-,90+,91-,92?/m1/s1. The summed E-state index contributed by atoms with van der Waals surface area (Å²) in [5.74, 6) is -5.66. The van der Waals surface area contributed by atoms with Crippen LogP contribution in [0, 0.1) is 56.2 Å². The second-order valence-electron chi connectivity index (χ2n) is 42.6. The van der Waals surface area contributed by atoms with Crippen molar-refractivity contribution in [3.8, 4) is 0 Å². The Morgan fingerprint density at radius 1 is 0.467 bits per heavy atom. The van der Waals surface area contributed by atoms with Gasteiger partial charge < -0.3 is 213 Å². The lowest BCUT2D eigenvalue weighted by Crippen LogP contribution is -2.71. The molecule has 14 aliphatic rings. The summed E-state index contributed by atoms with van der Waals surface area (Å²) in [6.45, 7) is 9.32. The zero-order valence-electron chi connectivity index (χ0n) is 78.9. The van der Waals surface area contributed by atoms with Crippen molar-refractivity contribution in [2.45, 2.75) is 416 Å². The van der Waals surface area contributed by atoms with Crippen LogP contribution in [0.25, 0.3) is 0 Å². The highest BCUT2D eigenvalue weighted by Gasteiger charge is 2.74. The van der Waals surface area contributed by atoms with E-state index in [1.165, 1.54) is 13.8 Å². The van der Waals surface area contributed by atoms with Gasteiger partial charge in [0.15, 0.2) is 55.9 Å². The first-order valence-corrected chi connectivity index (χ1v) is 48.8. The Bertz CT molecular complexity index is 3960. The van der Waals surface area contributed by atoms with Gasteiger partial charge in [0, 0.05) is 6.42 Å². The van der Waals surface area contributed by atoms with Crippen LogP contribution in [0.5, 0.6) is 0 Å². The van der Waals surface area contributed by atoms with Crippen LogP contribution >= 0.6 is 0 Å².